The minimum Gasteiger partial charge on any atom is -0.378 e. The zero-order valence-electron chi connectivity index (χ0n) is 10.4. The number of carbonyl (C=O) groups excluding carboxylic acids is 1. The van der Waals surface area contributed by atoms with Crippen molar-refractivity contribution in [3.63, 3.8) is 0 Å². The summed E-state index contributed by atoms with van der Waals surface area (Å²) in [5.41, 5.74) is 0. The Morgan fingerprint density at radius 2 is 2.39 bits per heavy atom. The quantitative estimate of drug-likeness (QED) is 0.885. The van der Waals surface area contributed by atoms with E-state index in [1.807, 2.05) is 19.1 Å². The molecular formula is C12H17ClN2O2S. The minimum atomic E-state index is -0.180. The molecule has 4 nitrogen and oxygen atoms in total. The monoisotopic (exact) mass is 288 g/mol. The fourth-order valence-electron chi connectivity index (χ4n) is 2.04. The van der Waals surface area contributed by atoms with Gasteiger partial charge in [0.25, 0.3) is 0 Å². The maximum absolute atomic E-state index is 12.1. The van der Waals surface area contributed by atoms with Gasteiger partial charge in [0.1, 0.15) is 0 Å². The molecule has 1 aliphatic rings. The topological polar surface area (TPSA) is 50.4 Å². The van der Waals surface area contributed by atoms with Gasteiger partial charge < -0.3 is 15.4 Å². The molecule has 2 heterocycles. The van der Waals surface area contributed by atoms with Gasteiger partial charge in [-0.2, -0.15) is 0 Å². The lowest BCUT2D eigenvalue weighted by atomic mass is 10.1. The van der Waals surface area contributed by atoms with Crippen LogP contribution < -0.4 is 10.6 Å². The van der Waals surface area contributed by atoms with Gasteiger partial charge in [0.05, 0.1) is 22.4 Å². The number of halogens is 1. The van der Waals surface area contributed by atoms with Gasteiger partial charge >= 0.3 is 0 Å². The molecule has 6 heteroatoms. The zero-order valence-corrected chi connectivity index (χ0v) is 12.0. The highest BCUT2D eigenvalue weighted by Crippen LogP contribution is 2.28. The summed E-state index contributed by atoms with van der Waals surface area (Å²) in [5, 5.41) is 6.23. The highest BCUT2D eigenvalue weighted by molar-refractivity contribution is 7.16. The number of amides is 1. The van der Waals surface area contributed by atoms with E-state index in [-0.39, 0.29) is 24.0 Å². The molecule has 0 radical (unpaired) electrons. The molecule has 2 N–H and O–H groups in total. The Kier molecular flexibility index (Phi) is 4.61. The average molecular weight is 289 g/mol. The second-order valence-corrected chi connectivity index (χ2v) is 6.16. The first-order chi connectivity index (χ1) is 8.61. The van der Waals surface area contributed by atoms with Gasteiger partial charge in [-0.3, -0.25) is 4.79 Å². The van der Waals surface area contributed by atoms with Crippen molar-refractivity contribution in [1.82, 2.24) is 10.6 Å². The normalized spacial score (nSPS) is 25.1. The lowest BCUT2D eigenvalue weighted by Crippen LogP contribution is -2.44. The number of hydrogen-bond donors (Lipinski definition) is 2. The number of carbonyl (C=O) groups is 1. The van der Waals surface area contributed by atoms with E-state index in [0.29, 0.717) is 4.34 Å². The summed E-state index contributed by atoms with van der Waals surface area (Å²) >= 11 is 7.33. The number of ether oxygens (including phenoxy) is 1. The highest BCUT2D eigenvalue weighted by atomic mass is 35.5. The van der Waals surface area contributed by atoms with Crippen LogP contribution in [-0.2, 0) is 9.53 Å². The predicted molar refractivity (Wildman–Crippen MR) is 73.3 cm³/mol. The highest BCUT2D eigenvalue weighted by Gasteiger charge is 2.29. The van der Waals surface area contributed by atoms with Crippen LogP contribution in [-0.4, -0.2) is 38.3 Å². The number of methoxy groups -OCH3 is 1. The lowest BCUT2D eigenvalue weighted by molar-refractivity contribution is -0.123. The molecule has 1 aliphatic heterocycles. The summed E-state index contributed by atoms with van der Waals surface area (Å²) in [4.78, 5) is 13.1. The Balaban J connectivity index is 1.95. The molecule has 0 aromatic carbocycles. The molecule has 1 saturated heterocycles. The molecule has 0 spiro atoms. The van der Waals surface area contributed by atoms with E-state index < -0.39 is 0 Å². The average Bonchev–Trinajstić information content (AvgIpc) is 2.96. The Hall–Kier alpha value is -0.620. The first kappa shape index (κ1) is 13.8. The van der Waals surface area contributed by atoms with Crippen LogP contribution in [0.3, 0.4) is 0 Å². The number of thiophene rings is 1. The smallest absolute Gasteiger partial charge is 0.228 e. The van der Waals surface area contributed by atoms with Crippen molar-refractivity contribution < 1.29 is 9.53 Å². The van der Waals surface area contributed by atoms with Crippen LogP contribution in [0.1, 0.15) is 17.7 Å². The Morgan fingerprint density at radius 3 is 3.00 bits per heavy atom. The third kappa shape index (κ3) is 3.03. The number of hydrogen-bond acceptors (Lipinski definition) is 4. The van der Waals surface area contributed by atoms with Crippen LogP contribution in [0.5, 0.6) is 0 Å². The maximum Gasteiger partial charge on any atom is 0.228 e. The van der Waals surface area contributed by atoms with E-state index in [2.05, 4.69) is 10.6 Å². The summed E-state index contributed by atoms with van der Waals surface area (Å²) in [6.45, 7) is 3.42. The van der Waals surface area contributed by atoms with Gasteiger partial charge in [-0.15, -0.1) is 11.3 Å². The molecule has 0 aliphatic carbocycles. The molecular weight excluding hydrogens is 272 g/mol. The van der Waals surface area contributed by atoms with Gasteiger partial charge in [0, 0.05) is 25.1 Å². The summed E-state index contributed by atoms with van der Waals surface area (Å²) in [5.74, 6) is -0.162. The molecule has 1 aromatic heterocycles. The van der Waals surface area contributed by atoms with E-state index in [9.17, 15) is 4.79 Å². The van der Waals surface area contributed by atoms with Crippen molar-refractivity contribution in [3.8, 4) is 0 Å². The summed E-state index contributed by atoms with van der Waals surface area (Å²) < 4.78 is 6.03. The molecule has 2 rings (SSSR count). The summed E-state index contributed by atoms with van der Waals surface area (Å²) in [6, 6.07) is 3.76. The van der Waals surface area contributed by atoms with Gasteiger partial charge in [-0.05, 0) is 19.1 Å². The van der Waals surface area contributed by atoms with Crippen LogP contribution in [0, 0.1) is 0 Å². The van der Waals surface area contributed by atoms with Gasteiger partial charge in [0.2, 0.25) is 5.91 Å². The molecule has 1 aromatic rings. The molecule has 3 atom stereocenters. The van der Waals surface area contributed by atoms with Crippen molar-refractivity contribution in [1.29, 1.82) is 0 Å². The summed E-state index contributed by atoms with van der Waals surface area (Å²) in [6.07, 6.45) is 0.0491. The van der Waals surface area contributed by atoms with Crippen molar-refractivity contribution in [3.05, 3.63) is 21.3 Å². The van der Waals surface area contributed by atoms with Crippen molar-refractivity contribution >= 4 is 28.8 Å². The fraction of sp³-hybridized carbons (Fsp3) is 0.583. The SMILES string of the molecule is CO[C@H]1CNC[C@@H]1NC(=O)[C@H](C)c1ccc(Cl)s1. The molecule has 18 heavy (non-hydrogen) atoms. The molecule has 0 bridgehead atoms. The van der Waals surface area contributed by atoms with Crippen LogP contribution in [0.2, 0.25) is 4.34 Å². The Bertz CT molecular complexity index is 424. The standard InChI is InChI=1S/C12H17ClN2O2S/c1-7(10-3-4-11(13)18-10)12(16)15-8-5-14-6-9(8)17-2/h3-4,7-9,14H,5-6H2,1-2H3,(H,15,16)/t7-,8+,9+/m1/s1. The van der Waals surface area contributed by atoms with Crippen molar-refractivity contribution in [2.75, 3.05) is 20.2 Å². The van der Waals surface area contributed by atoms with E-state index in [0.717, 1.165) is 18.0 Å². The van der Waals surface area contributed by atoms with Crippen LogP contribution >= 0.6 is 22.9 Å². The maximum atomic E-state index is 12.1. The van der Waals surface area contributed by atoms with Gasteiger partial charge in [-0.25, -0.2) is 0 Å². The third-order valence-electron chi connectivity index (χ3n) is 3.20. The Labute approximate surface area is 116 Å². The lowest BCUT2D eigenvalue weighted by Gasteiger charge is -2.20. The number of rotatable bonds is 4. The Morgan fingerprint density at radius 1 is 1.61 bits per heavy atom. The first-order valence-corrected chi connectivity index (χ1v) is 7.10. The van der Waals surface area contributed by atoms with Crippen LogP contribution in [0.25, 0.3) is 0 Å². The van der Waals surface area contributed by atoms with E-state index >= 15 is 0 Å². The third-order valence-corrected chi connectivity index (χ3v) is 4.62. The second-order valence-electron chi connectivity index (χ2n) is 4.41. The minimum absolute atomic E-state index is 0.0178. The predicted octanol–water partition coefficient (Wildman–Crippen LogP) is 1.61. The zero-order chi connectivity index (χ0) is 13.1. The fourth-order valence-corrected chi connectivity index (χ4v) is 3.16. The number of nitrogens with one attached hydrogen (secondary N) is 2. The van der Waals surface area contributed by atoms with E-state index in [1.54, 1.807) is 7.11 Å². The summed E-state index contributed by atoms with van der Waals surface area (Å²) in [7, 11) is 1.67. The van der Waals surface area contributed by atoms with Crippen molar-refractivity contribution in [2.45, 2.75) is 25.0 Å². The van der Waals surface area contributed by atoms with Crippen molar-refractivity contribution in [2.24, 2.45) is 0 Å². The van der Waals surface area contributed by atoms with E-state index in [4.69, 9.17) is 16.3 Å². The molecule has 100 valence electrons. The second kappa shape index (κ2) is 6.02. The van der Waals surface area contributed by atoms with Crippen LogP contribution in [0.4, 0.5) is 0 Å². The molecule has 1 fully saturated rings. The van der Waals surface area contributed by atoms with Gasteiger partial charge in [-0.1, -0.05) is 11.6 Å². The van der Waals surface area contributed by atoms with E-state index in [1.165, 1.54) is 11.3 Å². The molecule has 0 unspecified atom stereocenters. The largest absolute Gasteiger partial charge is 0.378 e. The molecule has 0 saturated carbocycles. The molecule has 1 amide bonds. The van der Waals surface area contributed by atoms with Crippen LogP contribution in [0.15, 0.2) is 12.1 Å². The first-order valence-electron chi connectivity index (χ1n) is 5.91. The van der Waals surface area contributed by atoms with Gasteiger partial charge in [0.15, 0.2) is 0 Å².